The average Bonchev–Trinajstić information content (AvgIpc) is 2.78. The number of carboxylic acid groups (broad SMARTS) is 1. The van der Waals surface area contributed by atoms with E-state index in [9.17, 15) is 9.36 Å². The van der Waals surface area contributed by atoms with Crippen molar-refractivity contribution in [3.8, 4) is 0 Å². The summed E-state index contributed by atoms with van der Waals surface area (Å²) in [5.41, 5.74) is 5.09. The highest BCUT2D eigenvalue weighted by Gasteiger charge is 2.32. The van der Waals surface area contributed by atoms with E-state index in [4.69, 9.17) is 32.8 Å². The molecule has 0 radical (unpaired) electrons. The zero-order valence-corrected chi connectivity index (χ0v) is 24.8. The van der Waals surface area contributed by atoms with Crippen LogP contribution in [0.25, 0.3) is 0 Å². The van der Waals surface area contributed by atoms with Gasteiger partial charge in [-0.3, -0.25) is 4.57 Å². The first kappa shape index (κ1) is 32.9. The van der Waals surface area contributed by atoms with E-state index in [0.717, 1.165) is 24.1 Å². The summed E-state index contributed by atoms with van der Waals surface area (Å²) in [5, 5.41) is 11.6. The third-order valence-electron chi connectivity index (χ3n) is 6.08. The Morgan fingerprint density at radius 1 is 1.17 bits per heavy atom. The monoisotopic (exact) mass is 560 g/mol. The zero-order valence-electron chi connectivity index (χ0n) is 22.4. The number of nitrogens with one attached hydrogen (secondary N) is 1. The summed E-state index contributed by atoms with van der Waals surface area (Å²) in [5.74, 6) is -0.0672. The number of aliphatic carboxylic acids is 1. The molecule has 1 unspecified atom stereocenters. The second-order valence-electron chi connectivity index (χ2n) is 9.71. The van der Waals surface area contributed by atoms with Gasteiger partial charge in [-0.1, -0.05) is 55.4 Å². The van der Waals surface area contributed by atoms with E-state index in [0.29, 0.717) is 31.5 Å². The maximum atomic E-state index is 12.2. The van der Waals surface area contributed by atoms with Crippen LogP contribution in [0.3, 0.4) is 0 Å². The summed E-state index contributed by atoms with van der Waals surface area (Å²) in [7, 11) is -2.84. The lowest BCUT2D eigenvalue weighted by Crippen LogP contribution is -2.35. The minimum Gasteiger partial charge on any atom is -0.478 e. The van der Waals surface area contributed by atoms with Crippen molar-refractivity contribution in [1.29, 1.82) is 0 Å². The van der Waals surface area contributed by atoms with Gasteiger partial charge in [0.1, 0.15) is 0 Å². The molecule has 204 valence electrons. The van der Waals surface area contributed by atoms with Crippen LogP contribution in [0.1, 0.15) is 60.3 Å². The molecule has 0 aromatic heterocycles. The van der Waals surface area contributed by atoms with Crippen LogP contribution in [-0.4, -0.2) is 53.7 Å². The van der Waals surface area contributed by atoms with Crippen LogP contribution in [-0.2, 0) is 13.9 Å². The maximum absolute atomic E-state index is 12.2. The number of hydrogen-bond donors (Lipinski definition) is 2. The summed E-state index contributed by atoms with van der Waals surface area (Å²) in [6.07, 6.45) is 15.9. The Bertz CT molecular complexity index is 907. The first-order valence-electron chi connectivity index (χ1n) is 12.5. The van der Waals surface area contributed by atoms with E-state index in [-0.39, 0.29) is 5.41 Å². The highest BCUT2D eigenvalue weighted by atomic mass is 35.5. The zero-order chi connectivity index (χ0) is 27.2. The van der Waals surface area contributed by atoms with Gasteiger partial charge in [0.15, 0.2) is 0 Å². The molecule has 36 heavy (non-hydrogen) atoms. The Kier molecular flexibility index (Phi) is 15.2. The van der Waals surface area contributed by atoms with Crippen LogP contribution < -0.4 is 5.09 Å². The Balaban J connectivity index is 0.000000397. The number of halogens is 2. The van der Waals surface area contributed by atoms with Gasteiger partial charge < -0.3 is 9.63 Å². The molecule has 1 aliphatic carbocycles. The average molecular weight is 562 g/mol. The second-order valence-corrected chi connectivity index (χ2v) is 12.6. The molecule has 1 heterocycles. The van der Waals surface area contributed by atoms with Crippen LogP contribution in [0.2, 0.25) is 0 Å². The highest BCUT2D eigenvalue weighted by molar-refractivity contribution is 7.54. The molecule has 1 atom stereocenters. The molecule has 9 heteroatoms. The minimum absolute atomic E-state index is 0.260. The molecule has 0 saturated carbocycles. The predicted octanol–water partition coefficient (Wildman–Crippen LogP) is 7.49. The Hall–Kier alpha value is -1.14. The van der Waals surface area contributed by atoms with Gasteiger partial charge in [0, 0.05) is 37.5 Å². The molecule has 2 aliphatic rings. The molecule has 1 saturated heterocycles. The first-order chi connectivity index (χ1) is 16.9. The lowest BCUT2D eigenvalue weighted by atomic mass is 9.72. The first-order valence-corrected chi connectivity index (χ1v) is 15.1. The van der Waals surface area contributed by atoms with E-state index in [1.54, 1.807) is 17.7 Å². The fourth-order valence-corrected chi connectivity index (χ4v) is 6.80. The van der Waals surface area contributed by atoms with Gasteiger partial charge >= 0.3 is 13.6 Å². The smallest absolute Gasteiger partial charge is 0.343 e. The van der Waals surface area contributed by atoms with E-state index >= 15 is 0 Å². The van der Waals surface area contributed by atoms with E-state index in [1.807, 2.05) is 12.2 Å². The molecule has 0 aromatic rings. The molecule has 2 N–H and O–H groups in total. The molecular formula is C27H43Cl2N2O4P. The molecular weight excluding hydrogens is 518 g/mol. The number of nitrogens with zero attached hydrogens (tertiary/aromatic N) is 1. The quantitative estimate of drug-likeness (QED) is 0.125. The van der Waals surface area contributed by atoms with Crippen molar-refractivity contribution in [1.82, 2.24) is 9.76 Å². The van der Waals surface area contributed by atoms with Crippen molar-refractivity contribution in [2.45, 2.75) is 60.3 Å². The van der Waals surface area contributed by atoms with Gasteiger partial charge in [0.2, 0.25) is 0 Å². The molecule has 0 bridgehead atoms. The van der Waals surface area contributed by atoms with E-state index in [1.165, 1.54) is 36.5 Å². The standard InChI is InChI=1S/C20H28O2.C7H15Cl2N2O2P/c1-15(8-6-9-16(2)14-19(21)22)11-12-18-17(3)10-7-13-20(18,4)5;8-2-5-11(6-3-9)14(12)10-4-1-7-13-14/h6,8-9,11-12,14H,7,10,13H2,1-5H3,(H,21,22);1-7H2,(H,10,12)/b9-6+,12-11+,15-8+,16-14+;. The van der Waals surface area contributed by atoms with Crippen molar-refractivity contribution in [2.75, 3.05) is 38.0 Å². The molecule has 0 aromatic carbocycles. The second kappa shape index (κ2) is 16.7. The Morgan fingerprint density at radius 3 is 2.36 bits per heavy atom. The minimum atomic E-state index is -2.84. The lowest BCUT2D eigenvalue weighted by Gasteiger charge is -2.33. The van der Waals surface area contributed by atoms with Gasteiger partial charge in [-0.05, 0) is 63.0 Å². The number of alkyl halides is 2. The summed E-state index contributed by atoms with van der Waals surface area (Å²) < 4.78 is 19.2. The highest BCUT2D eigenvalue weighted by Crippen LogP contribution is 2.48. The van der Waals surface area contributed by atoms with E-state index in [2.05, 4.69) is 44.9 Å². The van der Waals surface area contributed by atoms with Crippen LogP contribution in [0, 0.1) is 5.41 Å². The molecule has 0 amide bonds. The summed E-state index contributed by atoms with van der Waals surface area (Å²) in [6, 6.07) is 0. The SMILES string of the molecule is CC1=C(/C=C/C(C)=C/C=C/C(C)=C/C(=O)O)C(C)(C)CCC1.O=P1(N(CCCl)CCCl)NCCCO1. The number of allylic oxidation sites excluding steroid dienone is 9. The molecule has 6 nitrogen and oxygen atoms in total. The summed E-state index contributed by atoms with van der Waals surface area (Å²) in [4.78, 5) is 10.5. The van der Waals surface area contributed by atoms with Gasteiger partial charge in [0.25, 0.3) is 0 Å². The van der Waals surface area contributed by atoms with Gasteiger partial charge in [0.05, 0.1) is 6.61 Å². The van der Waals surface area contributed by atoms with Gasteiger partial charge in [-0.2, -0.15) is 0 Å². The maximum Gasteiger partial charge on any atom is 0.343 e. The number of rotatable bonds is 10. The number of carboxylic acids is 1. The Labute approximate surface area is 227 Å². The molecule has 0 spiro atoms. The summed E-state index contributed by atoms with van der Waals surface area (Å²) >= 11 is 11.2. The molecule has 1 aliphatic heterocycles. The predicted molar refractivity (Wildman–Crippen MR) is 153 cm³/mol. The van der Waals surface area contributed by atoms with Crippen LogP contribution >= 0.6 is 30.9 Å². The topological polar surface area (TPSA) is 78.9 Å². The van der Waals surface area contributed by atoms with Crippen molar-refractivity contribution < 1.29 is 19.0 Å². The molecule has 1 fully saturated rings. The van der Waals surface area contributed by atoms with Crippen molar-refractivity contribution >= 4 is 36.8 Å². The Morgan fingerprint density at radius 2 is 1.83 bits per heavy atom. The van der Waals surface area contributed by atoms with E-state index < -0.39 is 13.6 Å². The largest absolute Gasteiger partial charge is 0.478 e. The number of carbonyl (C=O) groups is 1. The van der Waals surface area contributed by atoms with Crippen molar-refractivity contribution in [3.05, 3.63) is 58.7 Å². The summed E-state index contributed by atoms with van der Waals surface area (Å²) in [6.45, 7) is 13.0. The van der Waals surface area contributed by atoms with Crippen LogP contribution in [0.4, 0.5) is 0 Å². The van der Waals surface area contributed by atoms with Gasteiger partial charge in [-0.15, -0.1) is 23.2 Å². The van der Waals surface area contributed by atoms with Crippen LogP contribution in [0.15, 0.2) is 58.7 Å². The normalized spacial score (nSPS) is 23.3. The number of hydrogen-bond acceptors (Lipinski definition) is 3. The third kappa shape index (κ3) is 11.9. The fraction of sp³-hybridized carbons (Fsp3) is 0.593. The fourth-order valence-electron chi connectivity index (χ4n) is 4.15. The lowest BCUT2D eigenvalue weighted by molar-refractivity contribution is -0.131. The molecule has 2 rings (SSSR count). The van der Waals surface area contributed by atoms with Crippen molar-refractivity contribution in [2.24, 2.45) is 5.41 Å². The van der Waals surface area contributed by atoms with Gasteiger partial charge in [-0.25, -0.2) is 14.6 Å². The third-order valence-corrected chi connectivity index (χ3v) is 8.72. The van der Waals surface area contributed by atoms with Crippen LogP contribution in [0.5, 0.6) is 0 Å². The van der Waals surface area contributed by atoms with Crippen molar-refractivity contribution in [3.63, 3.8) is 0 Å².